The maximum Gasteiger partial charge on any atom is 0.165 e. The summed E-state index contributed by atoms with van der Waals surface area (Å²) >= 11 is 0. The van der Waals surface area contributed by atoms with Crippen molar-refractivity contribution in [1.29, 1.82) is 0 Å². The van der Waals surface area contributed by atoms with E-state index in [1.165, 1.54) is 25.4 Å². The highest BCUT2D eigenvalue weighted by molar-refractivity contribution is 5.30. The molecule has 0 unspecified atom stereocenters. The van der Waals surface area contributed by atoms with Gasteiger partial charge in [0.15, 0.2) is 5.82 Å². The summed E-state index contributed by atoms with van der Waals surface area (Å²) in [6.45, 7) is 5.72. The average Bonchev–Trinajstić information content (AvgIpc) is 2.84. The van der Waals surface area contributed by atoms with Crippen molar-refractivity contribution in [2.75, 3.05) is 0 Å². The quantitative estimate of drug-likeness (QED) is 0.914. The second-order valence-electron chi connectivity index (χ2n) is 4.86. The first kappa shape index (κ1) is 14.5. The summed E-state index contributed by atoms with van der Waals surface area (Å²) in [7, 11) is 0. The number of ether oxygens (including phenoxy) is 1. The third kappa shape index (κ3) is 3.14. The number of hydrogen-bond donors (Lipinski definition) is 1. The van der Waals surface area contributed by atoms with Crippen molar-refractivity contribution >= 4 is 0 Å². The van der Waals surface area contributed by atoms with E-state index < -0.39 is 11.9 Å². The van der Waals surface area contributed by atoms with Gasteiger partial charge in [-0.1, -0.05) is 0 Å². The van der Waals surface area contributed by atoms with Crippen molar-refractivity contribution in [2.24, 2.45) is 0 Å². The minimum absolute atomic E-state index is 0.186. The standard InChI is InChI=1S/C14H18FN3O2/c1-9(2)18-14(16-8-17-18)7-20-11-4-5-12(10(3)19)13(15)6-11/h4-6,8-10,19H,7H2,1-3H3/t10-/m1/s1. The molecule has 1 heterocycles. The highest BCUT2D eigenvalue weighted by Gasteiger charge is 2.11. The summed E-state index contributed by atoms with van der Waals surface area (Å²) in [6, 6.07) is 4.59. The van der Waals surface area contributed by atoms with Gasteiger partial charge in [-0.05, 0) is 32.9 Å². The number of benzene rings is 1. The SMILES string of the molecule is CC(C)n1ncnc1COc1ccc([C@@H](C)O)c(F)c1. The zero-order chi connectivity index (χ0) is 14.7. The predicted molar refractivity (Wildman–Crippen MR) is 71.8 cm³/mol. The van der Waals surface area contributed by atoms with Crippen LogP contribution in [-0.2, 0) is 6.61 Å². The molecule has 0 fully saturated rings. The maximum absolute atomic E-state index is 13.7. The highest BCUT2D eigenvalue weighted by atomic mass is 19.1. The fourth-order valence-electron chi connectivity index (χ4n) is 1.89. The lowest BCUT2D eigenvalue weighted by Gasteiger charge is -2.12. The topological polar surface area (TPSA) is 60.2 Å². The molecule has 0 aliphatic rings. The molecule has 0 amide bonds. The molecule has 20 heavy (non-hydrogen) atoms. The number of nitrogens with zero attached hydrogens (tertiary/aromatic N) is 3. The van der Waals surface area contributed by atoms with Crippen LogP contribution in [-0.4, -0.2) is 19.9 Å². The lowest BCUT2D eigenvalue weighted by atomic mass is 10.1. The molecular weight excluding hydrogens is 261 g/mol. The molecular formula is C14H18FN3O2. The molecule has 5 nitrogen and oxygen atoms in total. The van der Waals surface area contributed by atoms with Gasteiger partial charge < -0.3 is 9.84 Å². The number of halogens is 1. The van der Waals surface area contributed by atoms with Gasteiger partial charge in [0.1, 0.15) is 24.5 Å². The first-order valence-electron chi connectivity index (χ1n) is 6.47. The predicted octanol–water partition coefficient (Wildman–Crippen LogP) is 2.63. The van der Waals surface area contributed by atoms with Gasteiger partial charge in [0.05, 0.1) is 6.10 Å². The van der Waals surface area contributed by atoms with Crippen molar-refractivity contribution < 1.29 is 14.2 Å². The van der Waals surface area contributed by atoms with Crippen LogP contribution in [0.2, 0.25) is 0 Å². The molecule has 2 rings (SSSR count). The van der Waals surface area contributed by atoms with E-state index in [2.05, 4.69) is 10.1 Å². The van der Waals surface area contributed by atoms with Crippen LogP contribution < -0.4 is 4.74 Å². The van der Waals surface area contributed by atoms with E-state index in [1.807, 2.05) is 13.8 Å². The molecule has 0 aliphatic heterocycles. The summed E-state index contributed by atoms with van der Waals surface area (Å²) in [4.78, 5) is 4.11. The van der Waals surface area contributed by atoms with Crippen molar-refractivity contribution in [3.63, 3.8) is 0 Å². The third-order valence-electron chi connectivity index (χ3n) is 2.93. The van der Waals surface area contributed by atoms with Crippen LogP contribution >= 0.6 is 0 Å². The molecule has 0 saturated heterocycles. The molecule has 2 aromatic rings. The lowest BCUT2D eigenvalue weighted by molar-refractivity contribution is 0.193. The Bertz CT molecular complexity index is 582. The van der Waals surface area contributed by atoms with E-state index in [0.29, 0.717) is 11.6 Å². The molecule has 1 atom stereocenters. The van der Waals surface area contributed by atoms with Crippen LogP contribution in [0.25, 0.3) is 0 Å². The van der Waals surface area contributed by atoms with Crippen molar-refractivity contribution in [3.05, 3.63) is 41.7 Å². The molecule has 0 radical (unpaired) electrons. The zero-order valence-electron chi connectivity index (χ0n) is 11.7. The molecule has 108 valence electrons. The van der Waals surface area contributed by atoms with E-state index in [0.717, 1.165) is 0 Å². The number of aliphatic hydroxyl groups excluding tert-OH is 1. The zero-order valence-corrected chi connectivity index (χ0v) is 11.7. The minimum Gasteiger partial charge on any atom is -0.486 e. The molecule has 6 heteroatoms. The first-order valence-corrected chi connectivity index (χ1v) is 6.47. The Morgan fingerprint density at radius 3 is 2.70 bits per heavy atom. The van der Waals surface area contributed by atoms with Gasteiger partial charge in [-0.3, -0.25) is 0 Å². The normalized spacial score (nSPS) is 12.7. The Kier molecular flexibility index (Phi) is 4.34. The third-order valence-corrected chi connectivity index (χ3v) is 2.93. The molecule has 0 spiro atoms. The summed E-state index contributed by atoms with van der Waals surface area (Å²) in [5.41, 5.74) is 0.252. The number of aromatic nitrogens is 3. The minimum atomic E-state index is -0.840. The second-order valence-corrected chi connectivity index (χ2v) is 4.86. The molecule has 0 saturated carbocycles. The van der Waals surface area contributed by atoms with E-state index in [1.54, 1.807) is 10.7 Å². The van der Waals surface area contributed by atoms with Gasteiger partial charge in [0, 0.05) is 17.7 Å². The fraction of sp³-hybridized carbons (Fsp3) is 0.429. The van der Waals surface area contributed by atoms with E-state index in [-0.39, 0.29) is 18.2 Å². The summed E-state index contributed by atoms with van der Waals surface area (Å²) in [6.07, 6.45) is 0.628. The van der Waals surface area contributed by atoms with Crippen LogP contribution in [0.4, 0.5) is 4.39 Å². The van der Waals surface area contributed by atoms with Crippen LogP contribution in [0.5, 0.6) is 5.75 Å². The molecule has 0 aliphatic carbocycles. The van der Waals surface area contributed by atoms with Gasteiger partial charge in [-0.15, -0.1) is 0 Å². The Labute approximate surface area is 117 Å². The van der Waals surface area contributed by atoms with Crippen molar-refractivity contribution in [1.82, 2.24) is 14.8 Å². The second kappa shape index (κ2) is 6.00. The van der Waals surface area contributed by atoms with E-state index in [4.69, 9.17) is 4.74 Å². The van der Waals surface area contributed by atoms with Crippen LogP contribution in [0, 0.1) is 5.82 Å². The van der Waals surface area contributed by atoms with Crippen molar-refractivity contribution in [3.8, 4) is 5.75 Å². The Balaban J connectivity index is 2.08. The highest BCUT2D eigenvalue weighted by Crippen LogP contribution is 2.22. The lowest BCUT2D eigenvalue weighted by Crippen LogP contribution is -2.10. The summed E-state index contributed by atoms with van der Waals surface area (Å²) in [5, 5.41) is 13.5. The monoisotopic (exact) mass is 279 g/mol. The van der Waals surface area contributed by atoms with Gasteiger partial charge in [-0.25, -0.2) is 14.1 Å². The fourth-order valence-corrected chi connectivity index (χ4v) is 1.89. The van der Waals surface area contributed by atoms with Crippen LogP contribution in [0.3, 0.4) is 0 Å². The maximum atomic E-state index is 13.7. The van der Waals surface area contributed by atoms with Gasteiger partial charge in [0.2, 0.25) is 0 Å². The van der Waals surface area contributed by atoms with Crippen LogP contribution in [0.15, 0.2) is 24.5 Å². The molecule has 1 N–H and O–H groups in total. The van der Waals surface area contributed by atoms with E-state index in [9.17, 15) is 9.50 Å². The van der Waals surface area contributed by atoms with Gasteiger partial charge >= 0.3 is 0 Å². The number of aliphatic hydroxyl groups is 1. The van der Waals surface area contributed by atoms with E-state index >= 15 is 0 Å². The number of hydrogen-bond acceptors (Lipinski definition) is 4. The van der Waals surface area contributed by atoms with Crippen LogP contribution in [0.1, 0.15) is 44.3 Å². The molecule has 0 bridgehead atoms. The first-order chi connectivity index (χ1) is 9.49. The van der Waals surface area contributed by atoms with Gasteiger partial charge in [0.25, 0.3) is 0 Å². The summed E-state index contributed by atoms with van der Waals surface area (Å²) < 4.78 is 21.0. The molecule has 1 aromatic heterocycles. The Morgan fingerprint density at radius 1 is 1.35 bits per heavy atom. The van der Waals surface area contributed by atoms with Crippen molar-refractivity contribution in [2.45, 2.75) is 39.5 Å². The summed E-state index contributed by atoms with van der Waals surface area (Å²) in [5.74, 6) is 0.591. The average molecular weight is 279 g/mol. The smallest absolute Gasteiger partial charge is 0.165 e. The Morgan fingerprint density at radius 2 is 2.10 bits per heavy atom. The molecule has 1 aromatic carbocycles. The largest absolute Gasteiger partial charge is 0.486 e. The number of rotatable bonds is 5. The van der Waals surface area contributed by atoms with Gasteiger partial charge in [-0.2, -0.15) is 5.10 Å². The Hall–Kier alpha value is -1.95.